The van der Waals surface area contributed by atoms with Gasteiger partial charge in [-0.2, -0.15) is 0 Å². The molecule has 0 aliphatic heterocycles. The van der Waals surface area contributed by atoms with Gasteiger partial charge < -0.3 is 10.1 Å². The average Bonchev–Trinajstić information content (AvgIpc) is 2.81. The highest BCUT2D eigenvalue weighted by atomic mass is 16.5. The summed E-state index contributed by atoms with van der Waals surface area (Å²) in [6.45, 7) is 9.69. The van der Waals surface area contributed by atoms with Crippen LogP contribution in [-0.4, -0.2) is 18.6 Å². The van der Waals surface area contributed by atoms with Crippen LogP contribution in [0.2, 0.25) is 0 Å². The number of ether oxygens (including phenoxy) is 1. The molecule has 1 aromatic carbocycles. The van der Waals surface area contributed by atoms with E-state index in [9.17, 15) is 4.79 Å². The molecule has 2 bridgehead atoms. The highest BCUT2D eigenvalue weighted by Crippen LogP contribution is 2.65. The number of hydrogen-bond donors (Lipinski definition) is 1. The zero-order chi connectivity index (χ0) is 16.0. The fraction of sp³-hybridized carbons (Fsp3) is 0.632. The Balaban J connectivity index is 1.70. The highest BCUT2D eigenvalue weighted by molar-refractivity contribution is 5.94. The number of rotatable bonds is 4. The van der Waals surface area contributed by atoms with Crippen LogP contribution in [0.3, 0.4) is 0 Å². The molecule has 1 amide bonds. The van der Waals surface area contributed by atoms with E-state index in [-0.39, 0.29) is 11.3 Å². The van der Waals surface area contributed by atoms with E-state index in [1.165, 1.54) is 12.8 Å². The molecule has 2 fully saturated rings. The number of fused-ring (bicyclic) bond motifs is 2. The first-order valence-electron chi connectivity index (χ1n) is 8.42. The van der Waals surface area contributed by atoms with E-state index in [1.807, 2.05) is 31.2 Å². The molecule has 120 valence electrons. The molecule has 3 atom stereocenters. The van der Waals surface area contributed by atoms with E-state index in [0.717, 1.165) is 18.1 Å². The van der Waals surface area contributed by atoms with E-state index in [2.05, 4.69) is 26.1 Å². The Morgan fingerprint density at radius 2 is 1.95 bits per heavy atom. The number of hydrogen-bond acceptors (Lipinski definition) is 2. The number of benzene rings is 1. The SMILES string of the molecule is CCOc1ccc(C(=O)NC2CC3CCC2(C)C3(C)C)cc1. The van der Waals surface area contributed by atoms with Crippen molar-refractivity contribution in [2.24, 2.45) is 16.7 Å². The molecule has 0 heterocycles. The maximum atomic E-state index is 12.5. The fourth-order valence-corrected chi connectivity index (χ4v) is 4.53. The second kappa shape index (κ2) is 5.29. The third-order valence-corrected chi connectivity index (χ3v) is 6.53. The largest absolute Gasteiger partial charge is 0.494 e. The maximum Gasteiger partial charge on any atom is 0.251 e. The van der Waals surface area contributed by atoms with Gasteiger partial charge in [-0.1, -0.05) is 20.8 Å². The number of carbonyl (C=O) groups is 1. The van der Waals surface area contributed by atoms with Crippen molar-refractivity contribution in [3.8, 4) is 5.75 Å². The van der Waals surface area contributed by atoms with Crippen LogP contribution in [0.4, 0.5) is 0 Å². The van der Waals surface area contributed by atoms with Gasteiger partial charge in [0.15, 0.2) is 0 Å². The lowest BCUT2D eigenvalue weighted by Gasteiger charge is -2.39. The lowest BCUT2D eigenvalue weighted by atomic mass is 9.69. The first kappa shape index (κ1) is 15.4. The third kappa shape index (κ3) is 2.22. The minimum atomic E-state index is 0.0395. The average molecular weight is 301 g/mol. The molecule has 2 aliphatic carbocycles. The number of amides is 1. The van der Waals surface area contributed by atoms with Crippen LogP contribution in [0.1, 0.15) is 57.3 Å². The van der Waals surface area contributed by atoms with Crippen molar-refractivity contribution in [2.45, 2.75) is 53.0 Å². The molecular formula is C19H27NO2. The predicted molar refractivity (Wildman–Crippen MR) is 88.1 cm³/mol. The summed E-state index contributed by atoms with van der Waals surface area (Å²) in [4.78, 5) is 12.5. The Labute approximate surface area is 133 Å². The van der Waals surface area contributed by atoms with Crippen molar-refractivity contribution in [1.29, 1.82) is 0 Å². The van der Waals surface area contributed by atoms with Crippen molar-refractivity contribution in [3.05, 3.63) is 29.8 Å². The molecule has 0 aromatic heterocycles. The molecule has 1 aromatic rings. The van der Waals surface area contributed by atoms with Crippen molar-refractivity contribution >= 4 is 5.91 Å². The predicted octanol–water partition coefficient (Wildman–Crippen LogP) is 4.03. The van der Waals surface area contributed by atoms with Gasteiger partial charge in [-0.25, -0.2) is 0 Å². The minimum absolute atomic E-state index is 0.0395. The normalized spacial score (nSPS) is 32.0. The Kier molecular flexibility index (Phi) is 3.70. The van der Waals surface area contributed by atoms with Crippen molar-refractivity contribution in [3.63, 3.8) is 0 Å². The van der Waals surface area contributed by atoms with Crippen LogP contribution in [0.15, 0.2) is 24.3 Å². The lowest BCUT2D eigenvalue weighted by molar-refractivity contribution is 0.0826. The van der Waals surface area contributed by atoms with Crippen molar-refractivity contribution < 1.29 is 9.53 Å². The zero-order valence-electron chi connectivity index (χ0n) is 14.1. The molecule has 22 heavy (non-hydrogen) atoms. The Hall–Kier alpha value is -1.51. The molecule has 3 nitrogen and oxygen atoms in total. The monoisotopic (exact) mass is 301 g/mol. The number of nitrogens with one attached hydrogen (secondary N) is 1. The first-order chi connectivity index (χ1) is 10.4. The Morgan fingerprint density at radius 3 is 2.45 bits per heavy atom. The third-order valence-electron chi connectivity index (χ3n) is 6.53. The van der Waals surface area contributed by atoms with E-state index in [4.69, 9.17) is 4.74 Å². The van der Waals surface area contributed by atoms with Crippen LogP contribution in [0, 0.1) is 16.7 Å². The summed E-state index contributed by atoms with van der Waals surface area (Å²) in [6, 6.07) is 7.72. The molecule has 3 heteroatoms. The molecule has 0 spiro atoms. The molecule has 2 saturated carbocycles. The van der Waals surface area contributed by atoms with Gasteiger partial charge in [0.05, 0.1) is 6.61 Å². The summed E-state index contributed by atoms with van der Waals surface area (Å²) in [5, 5.41) is 3.29. The molecule has 0 saturated heterocycles. The molecule has 2 aliphatic rings. The Morgan fingerprint density at radius 1 is 1.27 bits per heavy atom. The highest BCUT2D eigenvalue weighted by Gasteiger charge is 2.61. The van der Waals surface area contributed by atoms with Crippen molar-refractivity contribution in [1.82, 2.24) is 5.32 Å². The molecule has 3 unspecified atom stereocenters. The molecular weight excluding hydrogens is 274 g/mol. The second-order valence-corrected chi connectivity index (χ2v) is 7.59. The maximum absolute atomic E-state index is 12.5. The van der Waals surface area contributed by atoms with Gasteiger partial charge in [-0.05, 0) is 67.2 Å². The summed E-state index contributed by atoms with van der Waals surface area (Å²) in [5.41, 5.74) is 1.26. The van der Waals surface area contributed by atoms with Gasteiger partial charge in [-0.3, -0.25) is 4.79 Å². The van der Waals surface area contributed by atoms with Crippen LogP contribution in [-0.2, 0) is 0 Å². The quantitative estimate of drug-likeness (QED) is 0.912. The van der Waals surface area contributed by atoms with E-state index in [0.29, 0.717) is 23.6 Å². The van der Waals surface area contributed by atoms with Crippen LogP contribution < -0.4 is 10.1 Å². The summed E-state index contributed by atoms with van der Waals surface area (Å²) >= 11 is 0. The summed E-state index contributed by atoms with van der Waals surface area (Å²) in [6.07, 6.45) is 3.64. The Bertz CT molecular complexity index is 563. The summed E-state index contributed by atoms with van der Waals surface area (Å²) in [5.74, 6) is 1.59. The van der Waals surface area contributed by atoms with E-state index in [1.54, 1.807) is 0 Å². The topological polar surface area (TPSA) is 38.3 Å². The smallest absolute Gasteiger partial charge is 0.251 e. The molecule has 3 rings (SSSR count). The van der Waals surface area contributed by atoms with Crippen LogP contribution >= 0.6 is 0 Å². The molecule has 0 radical (unpaired) electrons. The van der Waals surface area contributed by atoms with Gasteiger partial charge in [0.25, 0.3) is 5.91 Å². The van der Waals surface area contributed by atoms with Crippen molar-refractivity contribution in [2.75, 3.05) is 6.61 Å². The van der Waals surface area contributed by atoms with E-state index < -0.39 is 0 Å². The lowest BCUT2D eigenvalue weighted by Crippen LogP contribution is -2.46. The number of carbonyl (C=O) groups excluding carboxylic acids is 1. The fourth-order valence-electron chi connectivity index (χ4n) is 4.53. The van der Waals surface area contributed by atoms with Gasteiger partial charge in [0.2, 0.25) is 0 Å². The second-order valence-electron chi connectivity index (χ2n) is 7.59. The van der Waals surface area contributed by atoms with E-state index >= 15 is 0 Å². The van der Waals surface area contributed by atoms with Gasteiger partial charge >= 0.3 is 0 Å². The standard InChI is InChI=1S/C19H27NO2/c1-5-22-15-8-6-13(7-9-15)17(21)20-16-12-14-10-11-19(16,4)18(14,2)3/h6-9,14,16H,5,10-12H2,1-4H3,(H,20,21). The summed E-state index contributed by atoms with van der Waals surface area (Å²) in [7, 11) is 0. The van der Waals surface area contributed by atoms with Crippen LogP contribution in [0.5, 0.6) is 5.75 Å². The van der Waals surface area contributed by atoms with Crippen LogP contribution in [0.25, 0.3) is 0 Å². The first-order valence-corrected chi connectivity index (χ1v) is 8.42. The minimum Gasteiger partial charge on any atom is -0.494 e. The van der Waals surface area contributed by atoms with Gasteiger partial charge in [0, 0.05) is 11.6 Å². The zero-order valence-corrected chi connectivity index (χ0v) is 14.1. The summed E-state index contributed by atoms with van der Waals surface area (Å²) < 4.78 is 5.43. The van der Waals surface area contributed by atoms with Gasteiger partial charge in [-0.15, -0.1) is 0 Å². The van der Waals surface area contributed by atoms with Gasteiger partial charge in [0.1, 0.15) is 5.75 Å². The molecule has 1 N–H and O–H groups in total.